The Kier molecular flexibility index (Phi) is 5.24. The minimum Gasteiger partial charge on any atom is -0.480 e. The van der Waals surface area contributed by atoms with Gasteiger partial charge in [0.05, 0.1) is 11.6 Å². The molecule has 0 saturated heterocycles. The van der Waals surface area contributed by atoms with Gasteiger partial charge >= 0.3 is 5.97 Å². The van der Waals surface area contributed by atoms with Crippen molar-refractivity contribution in [3.8, 4) is 6.07 Å². The number of anilines is 1. The van der Waals surface area contributed by atoms with E-state index in [1.54, 1.807) is 6.07 Å². The summed E-state index contributed by atoms with van der Waals surface area (Å²) < 4.78 is 27.2. The second-order valence-corrected chi connectivity index (χ2v) is 4.10. The molecular formula is C13H14F2N2O2. The van der Waals surface area contributed by atoms with Crippen molar-refractivity contribution < 1.29 is 18.7 Å². The number of carboxylic acids is 1. The zero-order chi connectivity index (χ0) is 14.4. The van der Waals surface area contributed by atoms with Gasteiger partial charge in [-0.2, -0.15) is 5.26 Å². The van der Waals surface area contributed by atoms with Crippen LogP contribution in [0, 0.1) is 23.0 Å². The monoisotopic (exact) mass is 268 g/mol. The number of aliphatic carboxylic acids is 1. The molecule has 0 radical (unpaired) electrons. The first kappa shape index (κ1) is 14.9. The maximum atomic E-state index is 13.6. The Balaban J connectivity index is 2.97. The third-order valence-electron chi connectivity index (χ3n) is 2.63. The first-order valence-electron chi connectivity index (χ1n) is 5.88. The first-order valence-corrected chi connectivity index (χ1v) is 5.88. The molecule has 2 N–H and O–H groups in total. The number of carbonyl (C=O) groups is 1. The number of unbranched alkanes of at least 4 members (excludes halogenated alkanes) is 1. The van der Waals surface area contributed by atoms with Crippen LogP contribution in [0.1, 0.15) is 31.7 Å². The van der Waals surface area contributed by atoms with Crippen LogP contribution >= 0.6 is 0 Å². The highest BCUT2D eigenvalue weighted by Crippen LogP contribution is 2.22. The van der Waals surface area contributed by atoms with Crippen molar-refractivity contribution in [2.75, 3.05) is 5.32 Å². The molecule has 0 bridgehead atoms. The number of halogens is 2. The Morgan fingerprint density at radius 3 is 2.47 bits per heavy atom. The molecule has 102 valence electrons. The number of hydrogen-bond acceptors (Lipinski definition) is 3. The van der Waals surface area contributed by atoms with Gasteiger partial charge in [-0.15, -0.1) is 0 Å². The Labute approximate surface area is 109 Å². The van der Waals surface area contributed by atoms with Crippen LogP contribution in [0.4, 0.5) is 14.5 Å². The van der Waals surface area contributed by atoms with Crippen molar-refractivity contribution in [1.29, 1.82) is 5.26 Å². The fraction of sp³-hybridized carbons (Fsp3) is 0.385. The fourth-order valence-corrected chi connectivity index (χ4v) is 1.62. The number of hydrogen-bond donors (Lipinski definition) is 2. The summed E-state index contributed by atoms with van der Waals surface area (Å²) in [5, 5.41) is 19.9. The van der Waals surface area contributed by atoms with Gasteiger partial charge < -0.3 is 10.4 Å². The molecule has 0 saturated carbocycles. The van der Waals surface area contributed by atoms with Gasteiger partial charge in [0.15, 0.2) is 11.6 Å². The van der Waals surface area contributed by atoms with Gasteiger partial charge in [0.25, 0.3) is 0 Å². The summed E-state index contributed by atoms with van der Waals surface area (Å²) >= 11 is 0. The van der Waals surface area contributed by atoms with E-state index in [9.17, 15) is 13.6 Å². The van der Waals surface area contributed by atoms with Crippen molar-refractivity contribution in [2.45, 2.75) is 32.2 Å². The van der Waals surface area contributed by atoms with E-state index in [2.05, 4.69) is 5.32 Å². The van der Waals surface area contributed by atoms with Crippen molar-refractivity contribution >= 4 is 11.7 Å². The second kappa shape index (κ2) is 6.69. The molecule has 0 amide bonds. The van der Waals surface area contributed by atoms with E-state index in [4.69, 9.17) is 10.4 Å². The molecule has 0 aliphatic rings. The van der Waals surface area contributed by atoms with Crippen LogP contribution in [0.3, 0.4) is 0 Å². The van der Waals surface area contributed by atoms with Gasteiger partial charge in [-0.3, -0.25) is 0 Å². The normalized spacial score (nSPS) is 11.7. The highest BCUT2D eigenvalue weighted by Gasteiger charge is 2.20. The highest BCUT2D eigenvalue weighted by molar-refractivity contribution is 5.77. The quantitative estimate of drug-likeness (QED) is 0.832. The van der Waals surface area contributed by atoms with Gasteiger partial charge in [-0.05, 0) is 18.6 Å². The van der Waals surface area contributed by atoms with E-state index in [1.807, 2.05) is 6.92 Å². The van der Waals surface area contributed by atoms with Gasteiger partial charge in [0, 0.05) is 0 Å². The molecule has 0 aliphatic carbocycles. The maximum Gasteiger partial charge on any atom is 0.326 e. The molecule has 0 fully saturated rings. The van der Waals surface area contributed by atoms with Crippen molar-refractivity contribution in [2.24, 2.45) is 0 Å². The molecule has 0 aromatic heterocycles. The molecule has 19 heavy (non-hydrogen) atoms. The van der Waals surface area contributed by atoms with Crippen molar-refractivity contribution in [1.82, 2.24) is 0 Å². The minimum absolute atomic E-state index is 0.152. The lowest BCUT2D eigenvalue weighted by Crippen LogP contribution is -2.30. The van der Waals surface area contributed by atoms with E-state index in [1.165, 1.54) is 0 Å². The molecule has 0 heterocycles. The zero-order valence-electron chi connectivity index (χ0n) is 10.4. The average molecular weight is 268 g/mol. The molecule has 1 aromatic carbocycles. The van der Waals surface area contributed by atoms with Gasteiger partial charge in [0.1, 0.15) is 11.7 Å². The molecule has 0 spiro atoms. The predicted octanol–water partition coefficient (Wildman–Crippen LogP) is 2.89. The molecule has 1 rings (SSSR count). The molecule has 1 aromatic rings. The smallest absolute Gasteiger partial charge is 0.326 e. The second-order valence-electron chi connectivity index (χ2n) is 4.10. The highest BCUT2D eigenvalue weighted by atomic mass is 19.1. The van der Waals surface area contributed by atoms with Crippen LogP contribution < -0.4 is 5.32 Å². The summed E-state index contributed by atoms with van der Waals surface area (Å²) in [6.45, 7) is 1.89. The topological polar surface area (TPSA) is 73.1 Å². The van der Waals surface area contributed by atoms with Gasteiger partial charge in [-0.25, -0.2) is 13.6 Å². The number of benzene rings is 1. The molecule has 0 aliphatic heterocycles. The molecule has 6 heteroatoms. The number of carboxylic acid groups (broad SMARTS) is 1. The average Bonchev–Trinajstić information content (AvgIpc) is 2.36. The third kappa shape index (κ3) is 3.91. The van der Waals surface area contributed by atoms with Crippen molar-refractivity contribution in [3.63, 3.8) is 0 Å². The van der Waals surface area contributed by atoms with Gasteiger partial charge in [-0.1, -0.05) is 19.8 Å². The Morgan fingerprint density at radius 2 is 2.05 bits per heavy atom. The predicted molar refractivity (Wildman–Crippen MR) is 65.6 cm³/mol. The minimum atomic E-state index is -1.17. The zero-order valence-corrected chi connectivity index (χ0v) is 10.4. The maximum absolute atomic E-state index is 13.6. The molecular weight excluding hydrogens is 254 g/mol. The van der Waals surface area contributed by atoms with Crippen LogP contribution in [-0.2, 0) is 4.79 Å². The summed E-state index contributed by atoms with van der Waals surface area (Å²) in [6.07, 6.45) is 1.68. The van der Waals surface area contributed by atoms with Crippen LogP contribution in [0.25, 0.3) is 0 Å². The van der Waals surface area contributed by atoms with Crippen LogP contribution in [-0.4, -0.2) is 17.1 Å². The summed E-state index contributed by atoms with van der Waals surface area (Å²) in [5.41, 5.74) is -0.663. The lowest BCUT2D eigenvalue weighted by atomic mass is 10.1. The van der Waals surface area contributed by atoms with Crippen molar-refractivity contribution in [3.05, 3.63) is 29.3 Å². The van der Waals surface area contributed by atoms with E-state index in [-0.39, 0.29) is 12.0 Å². The molecule has 1 atom stereocenters. The van der Waals surface area contributed by atoms with Gasteiger partial charge in [0.2, 0.25) is 0 Å². The third-order valence-corrected chi connectivity index (χ3v) is 2.63. The van der Waals surface area contributed by atoms with E-state index in [0.29, 0.717) is 6.42 Å². The number of rotatable bonds is 6. The molecule has 4 nitrogen and oxygen atoms in total. The van der Waals surface area contributed by atoms with Crippen LogP contribution in [0.2, 0.25) is 0 Å². The van der Waals surface area contributed by atoms with Crippen LogP contribution in [0.15, 0.2) is 12.1 Å². The van der Waals surface area contributed by atoms with E-state index < -0.39 is 29.3 Å². The Hall–Kier alpha value is -2.16. The summed E-state index contributed by atoms with van der Waals surface area (Å²) in [7, 11) is 0. The largest absolute Gasteiger partial charge is 0.480 e. The number of nitrogens with one attached hydrogen (secondary N) is 1. The fourth-order valence-electron chi connectivity index (χ4n) is 1.62. The van der Waals surface area contributed by atoms with Crippen LogP contribution in [0.5, 0.6) is 0 Å². The molecule has 0 unspecified atom stereocenters. The Morgan fingerprint density at radius 1 is 1.47 bits per heavy atom. The Bertz CT molecular complexity index is 489. The standard InChI is InChI=1S/C13H14F2N2O2/c1-2-3-4-11(13(18)19)17-12-9(14)5-8(7-16)6-10(12)15/h5-6,11,17H,2-4H2,1H3,(H,18,19)/t11-/m0/s1. The van der Waals surface area contributed by atoms with E-state index >= 15 is 0 Å². The number of nitriles is 1. The summed E-state index contributed by atoms with van der Waals surface area (Å²) in [5.74, 6) is -3.12. The SMILES string of the molecule is CCCC[C@H](Nc1c(F)cc(C#N)cc1F)C(=O)O. The lowest BCUT2D eigenvalue weighted by molar-refractivity contribution is -0.138. The van der Waals surface area contributed by atoms with E-state index in [0.717, 1.165) is 18.6 Å². The number of nitrogens with zero attached hydrogens (tertiary/aromatic N) is 1. The first-order chi connectivity index (χ1) is 8.99. The summed E-state index contributed by atoms with van der Waals surface area (Å²) in [4.78, 5) is 11.0. The lowest BCUT2D eigenvalue weighted by Gasteiger charge is -2.16. The summed E-state index contributed by atoms with van der Waals surface area (Å²) in [6, 6.07) is 2.29.